The molecule has 25 heavy (non-hydrogen) atoms. The van der Waals surface area contributed by atoms with E-state index in [1.54, 1.807) is 29.7 Å². The van der Waals surface area contributed by atoms with Gasteiger partial charge in [-0.05, 0) is 32.8 Å². The van der Waals surface area contributed by atoms with Gasteiger partial charge in [0.1, 0.15) is 6.04 Å². The van der Waals surface area contributed by atoms with E-state index in [2.05, 4.69) is 5.10 Å². The minimum atomic E-state index is -0.652. The molecule has 3 rings (SSSR count). The van der Waals surface area contributed by atoms with Gasteiger partial charge in [-0.3, -0.25) is 9.59 Å². The molecule has 0 spiro atoms. The summed E-state index contributed by atoms with van der Waals surface area (Å²) in [5.41, 5.74) is 0.613. The topological polar surface area (TPSA) is 84.7 Å². The molecule has 0 aromatic carbocycles. The van der Waals surface area contributed by atoms with Gasteiger partial charge in [-0.15, -0.1) is 0 Å². The lowest BCUT2D eigenvalue weighted by Crippen LogP contribution is -2.52. The van der Waals surface area contributed by atoms with Crippen LogP contribution in [0.15, 0.2) is 16.9 Å². The highest BCUT2D eigenvalue weighted by molar-refractivity contribution is 5.80. The second-order valence-corrected chi connectivity index (χ2v) is 6.50. The van der Waals surface area contributed by atoms with E-state index in [1.165, 1.54) is 10.7 Å². The number of hydrogen-bond donors (Lipinski definition) is 0. The van der Waals surface area contributed by atoms with Crippen molar-refractivity contribution in [3.05, 3.63) is 28.2 Å². The molecule has 1 unspecified atom stereocenters. The van der Waals surface area contributed by atoms with Gasteiger partial charge < -0.3 is 14.5 Å². The van der Waals surface area contributed by atoms with Crippen LogP contribution >= 0.6 is 0 Å². The van der Waals surface area contributed by atoms with Gasteiger partial charge in [-0.2, -0.15) is 5.10 Å². The zero-order valence-corrected chi connectivity index (χ0v) is 14.7. The third kappa shape index (κ3) is 3.83. The fourth-order valence-electron chi connectivity index (χ4n) is 3.01. The minimum Gasteiger partial charge on any atom is -0.450 e. The maximum Gasteiger partial charge on any atom is 0.409 e. The molecule has 8 heteroatoms. The summed E-state index contributed by atoms with van der Waals surface area (Å²) in [6.45, 7) is 5.52. The van der Waals surface area contributed by atoms with E-state index >= 15 is 0 Å². The van der Waals surface area contributed by atoms with Crippen molar-refractivity contribution >= 4 is 12.0 Å². The van der Waals surface area contributed by atoms with E-state index in [-0.39, 0.29) is 17.6 Å². The molecule has 8 nitrogen and oxygen atoms in total. The Morgan fingerprint density at radius 2 is 1.84 bits per heavy atom. The number of piperazine rings is 1. The summed E-state index contributed by atoms with van der Waals surface area (Å²) in [5.74, 6) is 0.272. The first-order valence-corrected chi connectivity index (χ1v) is 8.81. The highest BCUT2D eigenvalue weighted by atomic mass is 16.6. The molecule has 1 aromatic heterocycles. The molecular formula is C17H24N4O4. The summed E-state index contributed by atoms with van der Waals surface area (Å²) in [6, 6.07) is 2.59. The zero-order valence-electron chi connectivity index (χ0n) is 14.7. The van der Waals surface area contributed by atoms with Crippen LogP contribution in [0.3, 0.4) is 0 Å². The predicted octanol–water partition coefficient (Wildman–Crippen LogP) is 0.982. The van der Waals surface area contributed by atoms with Crippen LogP contribution in [-0.4, -0.2) is 64.4 Å². The Hall–Kier alpha value is -2.38. The maximum atomic E-state index is 12.7. The van der Waals surface area contributed by atoms with E-state index < -0.39 is 6.04 Å². The van der Waals surface area contributed by atoms with Crippen molar-refractivity contribution in [2.45, 2.75) is 38.6 Å². The summed E-state index contributed by atoms with van der Waals surface area (Å²) < 4.78 is 6.26. The van der Waals surface area contributed by atoms with Gasteiger partial charge in [-0.1, -0.05) is 0 Å². The van der Waals surface area contributed by atoms with E-state index in [4.69, 9.17) is 4.74 Å². The highest BCUT2D eigenvalue weighted by Crippen LogP contribution is 2.38. The van der Waals surface area contributed by atoms with Gasteiger partial charge in [0.25, 0.3) is 5.56 Å². The van der Waals surface area contributed by atoms with Gasteiger partial charge in [0.15, 0.2) is 0 Å². The first kappa shape index (κ1) is 17.4. The van der Waals surface area contributed by atoms with Crippen LogP contribution in [0, 0.1) is 0 Å². The lowest BCUT2D eigenvalue weighted by atomic mass is 10.2. The molecule has 1 saturated heterocycles. The fourth-order valence-corrected chi connectivity index (χ4v) is 3.01. The van der Waals surface area contributed by atoms with Crippen LogP contribution in [0.25, 0.3) is 0 Å². The van der Waals surface area contributed by atoms with Crippen molar-refractivity contribution in [2.24, 2.45) is 0 Å². The van der Waals surface area contributed by atoms with Crippen molar-refractivity contribution in [1.82, 2.24) is 19.6 Å². The molecule has 2 heterocycles. The number of carbonyl (C=O) groups is 2. The van der Waals surface area contributed by atoms with Gasteiger partial charge >= 0.3 is 6.09 Å². The van der Waals surface area contributed by atoms with Crippen molar-refractivity contribution < 1.29 is 14.3 Å². The van der Waals surface area contributed by atoms with Gasteiger partial charge in [0.05, 0.1) is 12.3 Å². The minimum absolute atomic E-state index is 0.147. The molecule has 2 aliphatic rings. The first-order valence-electron chi connectivity index (χ1n) is 8.81. The van der Waals surface area contributed by atoms with E-state index in [1.807, 2.05) is 0 Å². The number of carbonyl (C=O) groups excluding carboxylic acids is 2. The van der Waals surface area contributed by atoms with Crippen molar-refractivity contribution in [2.75, 3.05) is 32.8 Å². The normalized spacial score (nSPS) is 18.8. The summed E-state index contributed by atoms with van der Waals surface area (Å²) in [5, 5.41) is 4.39. The van der Waals surface area contributed by atoms with Crippen molar-refractivity contribution in [1.29, 1.82) is 0 Å². The maximum absolute atomic E-state index is 12.7. The molecular weight excluding hydrogens is 324 g/mol. The second kappa shape index (κ2) is 7.25. The van der Waals surface area contributed by atoms with Gasteiger partial charge in [0, 0.05) is 38.2 Å². The Labute approximate surface area is 146 Å². The monoisotopic (exact) mass is 348 g/mol. The number of hydrogen-bond acceptors (Lipinski definition) is 5. The second-order valence-electron chi connectivity index (χ2n) is 6.50. The number of ether oxygens (including phenoxy) is 1. The Balaban J connectivity index is 1.64. The zero-order chi connectivity index (χ0) is 18.0. The first-order chi connectivity index (χ1) is 12.0. The Morgan fingerprint density at radius 3 is 2.44 bits per heavy atom. The number of aromatic nitrogens is 2. The van der Waals surface area contributed by atoms with E-state index in [0.717, 1.165) is 18.5 Å². The molecule has 1 atom stereocenters. The lowest BCUT2D eigenvalue weighted by molar-refractivity contribution is -0.136. The van der Waals surface area contributed by atoms with Gasteiger partial charge in [0.2, 0.25) is 5.91 Å². The predicted molar refractivity (Wildman–Crippen MR) is 90.4 cm³/mol. The average Bonchev–Trinajstić information content (AvgIpc) is 3.46. The van der Waals surface area contributed by atoms with Crippen LogP contribution in [-0.2, 0) is 9.53 Å². The van der Waals surface area contributed by atoms with Crippen LogP contribution in [0.5, 0.6) is 0 Å². The summed E-state index contributed by atoms with van der Waals surface area (Å²) in [6.07, 6.45) is 1.82. The molecule has 0 radical (unpaired) electrons. The van der Waals surface area contributed by atoms with Crippen LogP contribution in [0.4, 0.5) is 4.79 Å². The molecule has 0 bridgehead atoms. The summed E-state index contributed by atoms with van der Waals surface area (Å²) in [7, 11) is 0. The number of rotatable bonds is 4. The van der Waals surface area contributed by atoms with Gasteiger partial charge in [-0.25, -0.2) is 9.48 Å². The summed E-state index contributed by atoms with van der Waals surface area (Å²) in [4.78, 5) is 39.9. The highest BCUT2D eigenvalue weighted by Gasteiger charge is 2.30. The summed E-state index contributed by atoms with van der Waals surface area (Å²) >= 11 is 0. The Morgan fingerprint density at radius 1 is 1.20 bits per heavy atom. The molecule has 2 fully saturated rings. The van der Waals surface area contributed by atoms with Crippen LogP contribution in [0.1, 0.15) is 44.3 Å². The van der Waals surface area contributed by atoms with Crippen molar-refractivity contribution in [3.63, 3.8) is 0 Å². The average molecular weight is 348 g/mol. The van der Waals surface area contributed by atoms with E-state index in [9.17, 15) is 14.4 Å². The van der Waals surface area contributed by atoms with Crippen LogP contribution in [0.2, 0.25) is 0 Å². The Bertz CT molecular complexity index is 705. The third-order valence-corrected chi connectivity index (χ3v) is 4.68. The third-order valence-electron chi connectivity index (χ3n) is 4.68. The smallest absolute Gasteiger partial charge is 0.409 e. The molecule has 1 aliphatic heterocycles. The SMILES string of the molecule is CCOC(=O)N1CCN(C(=O)C(C)n2nc(C3CC3)ccc2=O)CC1. The van der Waals surface area contributed by atoms with E-state index in [0.29, 0.717) is 38.7 Å². The Kier molecular flexibility index (Phi) is 5.06. The molecule has 2 amide bonds. The van der Waals surface area contributed by atoms with Crippen LogP contribution < -0.4 is 5.56 Å². The number of amides is 2. The fraction of sp³-hybridized carbons (Fsp3) is 0.647. The number of nitrogens with zero attached hydrogens (tertiary/aromatic N) is 4. The largest absolute Gasteiger partial charge is 0.450 e. The molecule has 1 saturated carbocycles. The van der Waals surface area contributed by atoms with Crippen molar-refractivity contribution in [3.8, 4) is 0 Å². The standard InChI is InChI=1S/C17H24N4O4/c1-3-25-17(24)20-10-8-19(9-11-20)16(23)12(2)21-15(22)7-6-14(18-21)13-4-5-13/h6-7,12-13H,3-5,8-11H2,1-2H3. The molecule has 136 valence electrons. The molecule has 1 aromatic rings. The molecule has 1 aliphatic carbocycles. The molecule has 0 N–H and O–H groups in total. The lowest BCUT2D eigenvalue weighted by Gasteiger charge is -2.35. The quantitative estimate of drug-likeness (QED) is 0.810.